The largest absolute Gasteiger partial charge is 0.444 e. The Morgan fingerprint density at radius 2 is 1.79 bits per heavy atom. The molecule has 1 aromatic rings. The predicted octanol–water partition coefficient (Wildman–Crippen LogP) is 1.97. The average molecular weight is 353 g/mol. The molecule has 0 aliphatic heterocycles. The first-order valence-electron chi connectivity index (χ1n) is 7.63. The van der Waals surface area contributed by atoms with E-state index < -0.39 is 38.2 Å². The number of amides is 1. The van der Waals surface area contributed by atoms with E-state index >= 15 is 0 Å². The number of carbonyl (C=O) groups excluding carboxylic acids is 2. The van der Waals surface area contributed by atoms with E-state index in [-0.39, 0.29) is 0 Å². The van der Waals surface area contributed by atoms with Crippen molar-refractivity contribution < 1.29 is 22.7 Å². The highest BCUT2D eigenvalue weighted by atomic mass is 32.2. The highest BCUT2D eigenvalue weighted by molar-refractivity contribution is 7.91. The molecule has 7 heteroatoms. The fraction of sp³-hybridized carbons (Fsp3) is 0.529. The number of benzene rings is 1. The van der Waals surface area contributed by atoms with E-state index in [9.17, 15) is 18.0 Å². The topological polar surface area (TPSA) is 89.5 Å². The van der Waals surface area contributed by atoms with Crippen LogP contribution in [0.2, 0.25) is 0 Å². The van der Waals surface area contributed by atoms with Crippen LogP contribution in [0.5, 0.6) is 0 Å². The summed E-state index contributed by atoms with van der Waals surface area (Å²) in [5.41, 5.74) is -0.528. The van der Waals surface area contributed by atoms with Crippen LogP contribution in [0.25, 0.3) is 0 Å². The number of hydrogen-bond donors (Lipinski definition) is 1. The van der Waals surface area contributed by atoms with Crippen LogP contribution in [0, 0.1) is 6.92 Å². The van der Waals surface area contributed by atoms with Gasteiger partial charge in [-0.3, -0.25) is 0 Å². The molecule has 0 spiro atoms. The Morgan fingerprint density at radius 3 is 2.21 bits per heavy atom. The maximum absolute atomic E-state index is 12.1. The van der Waals surface area contributed by atoms with Crippen molar-refractivity contribution in [2.24, 2.45) is 0 Å². The Labute approximate surface area is 142 Å². The molecule has 1 saturated carbocycles. The third-order valence-corrected chi connectivity index (χ3v) is 5.57. The van der Waals surface area contributed by atoms with Gasteiger partial charge in [0.15, 0.2) is 9.84 Å². The summed E-state index contributed by atoms with van der Waals surface area (Å²) in [6.45, 7) is 6.99. The number of aryl methyl sites for hydroxylation is 1. The van der Waals surface area contributed by atoms with E-state index in [1.54, 1.807) is 32.9 Å². The van der Waals surface area contributed by atoms with Crippen molar-refractivity contribution in [3.8, 4) is 0 Å². The van der Waals surface area contributed by atoms with Gasteiger partial charge in [-0.2, -0.15) is 0 Å². The van der Waals surface area contributed by atoms with Gasteiger partial charge in [-0.25, -0.2) is 13.2 Å². The number of sulfone groups is 1. The van der Waals surface area contributed by atoms with Crippen molar-refractivity contribution in [3.05, 3.63) is 35.4 Å². The van der Waals surface area contributed by atoms with Crippen molar-refractivity contribution in [1.29, 1.82) is 0 Å². The number of carbonyl (C=O) groups is 2. The van der Waals surface area contributed by atoms with Crippen LogP contribution < -0.4 is 5.32 Å². The van der Waals surface area contributed by atoms with Crippen LogP contribution in [0.4, 0.5) is 4.79 Å². The Morgan fingerprint density at radius 1 is 1.25 bits per heavy atom. The summed E-state index contributed by atoms with van der Waals surface area (Å²) in [5, 5.41) is 1.48. The average Bonchev–Trinajstić information content (AvgIpc) is 3.06. The van der Waals surface area contributed by atoms with Crippen molar-refractivity contribution in [2.75, 3.05) is 6.26 Å². The highest BCUT2D eigenvalue weighted by Crippen LogP contribution is 2.54. The Hall–Kier alpha value is -1.89. The van der Waals surface area contributed by atoms with Gasteiger partial charge >= 0.3 is 6.09 Å². The smallest absolute Gasteiger partial charge is 0.408 e. The summed E-state index contributed by atoms with van der Waals surface area (Å²) >= 11 is 0. The van der Waals surface area contributed by atoms with E-state index in [0.29, 0.717) is 11.8 Å². The molecule has 132 valence electrons. The van der Waals surface area contributed by atoms with Gasteiger partial charge in [0.25, 0.3) is 0 Å². The lowest BCUT2D eigenvalue weighted by Crippen LogP contribution is -2.45. The molecule has 0 radical (unpaired) electrons. The van der Waals surface area contributed by atoms with Crippen LogP contribution in [-0.4, -0.2) is 43.4 Å². The SMILES string of the molecule is Cc1ccc([C@@H]2[C@@H](S(C)(=O)=O)[C@]2(C=O)NC(=O)OC(C)(C)C)cc1. The fourth-order valence-corrected chi connectivity index (χ4v) is 4.77. The summed E-state index contributed by atoms with van der Waals surface area (Å²) in [5.74, 6) is -0.627. The molecule has 1 aliphatic rings. The number of rotatable bonds is 4. The second-order valence-corrected chi connectivity index (χ2v) is 9.48. The second kappa shape index (κ2) is 5.88. The molecular weight excluding hydrogens is 330 g/mol. The predicted molar refractivity (Wildman–Crippen MR) is 90.7 cm³/mol. The zero-order chi connectivity index (χ0) is 18.3. The van der Waals surface area contributed by atoms with E-state index in [0.717, 1.165) is 11.8 Å². The van der Waals surface area contributed by atoms with Gasteiger partial charge in [-0.15, -0.1) is 0 Å². The second-order valence-electron chi connectivity index (χ2n) is 7.32. The fourth-order valence-electron chi connectivity index (χ4n) is 3.00. The summed E-state index contributed by atoms with van der Waals surface area (Å²) in [6.07, 6.45) is 0.770. The van der Waals surface area contributed by atoms with Gasteiger partial charge in [0.1, 0.15) is 22.7 Å². The van der Waals surface area contributed by atoms with Gasteiger partial charge in [0.2, 0.25) is 0 Å². The number of ether oxygens (including phenoxy) is 1. The van der Waals surface area contributed by atoms with E-state index in [2.05, 4.69) is 5.32 Å². The van der Waals surface area contributed by atoms with Crippen molar-refractivity contribution >= 4 is 22.2 Å². The lowest BCUT2D eigenvalue weighted by Gasteiger charge is -2.22. The third-order valence-electron chi connectivity index (χ3n) is 3.99. The maximum Gasteiger partial charge on any atom is 0.408 e. The first-order chi connectivity index (χ1) is 10.9. The summed E-state index contributed by atoms with van der Waals surface area (Å²) in [6, 6.07) is 7.24. The molecular formula is C17H23NO5S. The molecule has 1 aliphatic carbocycles. The molecule has 0 unspecified atom stereocenters. The Bertz CT molecular complexity index is 748. The monoisotopic (exact) mass is 353 g/mol. The lowest BCUT2D eigenvalue weighted by atomic mass is 10.1. The first-order valence-corrected chi connectivity index (χ1v) is 9.59. The minimum Gasteiger partial charge on any atom is -0.444 e. The van der Waals surface area contributed by atoms with E-state index in [4.69, 9.17) is 4.74 Å². The Kier molecular flexibility index (Phi) is 4.52. The summed E-state index contributed by atoms with van der Waals surface area (Å²) < 4.78 is 29.4. The molecule has 0 saturated heterocycles. The molecule has 24 heavy (non-hydrogen) atoms. The van der Waals surface area contributed by atoms with Gasteiger partial charge in [-0.05, 0) is 33.3 Å². The van der Waals surface area contributed by atoms with Gasteiger partial charge in [0, 0.05) is 12.2 Å². The van der Waals surface area contributed by atoms with Crippen molar-refractivity contribution in [2.45, 2.75) is 50.0 Å². The molecule has 6 nitrogen and oxygen atoms in total. The molecule has 0 heterocycles. The number of nitrogens with one attached hydrogen (secondary N) is 1. The van der Waals surface area contributed by atoms with Crippen molar-refractivity contribution in [3.63, 3.8) is 0 Å². The minimum absolute atomic E-state index is 0.507. The molecule has 1 aromatic carbocycles. The first kappa shape index (κ1) is 18.4. The number of hydrogen-bond acceptors (Lipinski definition) is 5. The minimum atomic E-state index is -3.55. The van der Waals surface area contributed by atoms with Crippen LogP contribution >= 0.6 is 0 Å². The van der Waals surface area contributed by atoms with Gasteiger partial charge in [0.05, 0.1) is 0 Å². The number of aldehydes is 1. The molecule has 2 rings (SSSR count). The molecule has 1 amide bonds. The van der Waals surface area contributed by atoms with Crippen molar-refractivity contribution in [1.82, 2.24) is 5.32 Å². The van der Waals surface area contributed by atoms with E-state index in [1.165, 1.54) is 0 Å². The van der Waals surface area contributed by atoms with Crippen LogP contribution in [0.15, 0.2) is 24.3 Å². The van der Waals surface area contributed by atoms with Gasteiger partial charge in [-0.1, -0.05) is 29.8 Å². The maximum atomic E-state index is 12.1. The zero-order valence-electron chi connectivity index (χ0n) is 14.5. The normalized spacial score (nSPS) is 26.5. The van der Waals surface area contributed by atoms with Crippen LogP contribution in [-0.2, 0) is 19.4 Å². The highest BCUT2D eigenvalue weighted by Gasteiger charge is 2.71. The number of alkyl carbamates (subject to hydrolysis) is 1. The molecule has 1 N–H and O–H groups in total. The summed E-state index contributed by atoms with van der Waals surface area (Å²) in [4.78, 5) is 23.9. The van der Waals surface area contributed by atoms with Crippen LogP contribution in [0.3, 0.4) is 0 Å². The Balaban J connectivity index is 2.36. The third kappa shape index (κ3) is 3.61. The molecule has 1 fully saturated rings. The quantitative estimate of drug-likeness (QED) is 0.836. The molecule has 0 bridgehead atoms. The van der Waals surface area contributed by atoms with Gasteiger partial charge < -0.3 is 14.8 Å². The standard InChI is InChI=1S/C17H23NO5S/c1-11-6-8-12(9-7-11)13-14(24(5,21)22)17(13,10-19)18-15(20)23-16(2,3)4/h6-10,13-14H,1-5H3,(H,18,20)/t13-,14-,17-/m1/s1. The van der Waals surface area contributed by atoms with E-state index in [1.807, 2.05) is 19.1 Å². The zero-order valence-corrected chi connectivity index (χ0v) is 15.3. The molecule has 3 atom stereocenters. The summed E-state index contributed by atoms with van der Waals surface area (Å²) in [7, 11) is -3.55. The van der Waals surface area contributed by atoms with Crippen LogP contribution in [0.1, 0.15) is 37.8 Å². The lowest BCUT2D eigenvalue weighted by molar-refractivity contribution is -0.110. The molecule has 0 aromatic heterocycles.